The summed E-state index contributed by atoms with van der Waals surface area (Å²) < 4.78 is 0. The molecule has 4 nitrogen and oxygen atoms in total. The monoisotopic (exact) mass is 231 g/mol. The van der Waals surface area contributed by atoms with Gasteiger partial charge in [0, 0.05) is 12.8 Å². The summed E-state index contributed by atoms with van der Waals surface area (Å²) in [6.07, 6.45) is 1.12. The van der Waals surface area contributed by atoms with E-state index in [0.717, 1.165) is 0 Å². The van der Waals surface area contributed by atoms with Gasteiger partial charge in [0.05, 0.1) is 12.5 Å². The minimum absolute atomic E-state index is 0. The molecule has 0 aromatic carbocycles. The molecule has 0 aromatic rings. The fourth-order valence-electron chi connectivity index (χ4n) is 0.879. The second kappa shape index (κ2) is 10.5. The summed E-state index contributed by atoms with van der Waals surface area (Å²) in [5.41, 5.74) is 0. The molecule has 0 aromatic heterocycles. The topological polar surface area (TPSA) is 71.4 Å². The predicted octanol–water partition coefficient (Wildman–Crippen LogP) is 1.79. The molecule has 16 heavy (non-hydrogen) atoms. The van der Waals surface area contributed by atoms with Gasteiger partial charge in [-0.2, -0.15) is 0 Å². The molecular weight excluding hydrogens is 208 g/mol. The van der Waals surface area contributed by atoms with E-state index in [2.05, 4.69) is 0 Å². The standard InChI is InChI=1S/C6H12O2.C6H10O2/c2*1-3-6(8)4-5(2)7/h6,8H,3-4H2,1-2H3;3-4H2,1-2H3/p+1. The van der Waals surface area contributed by atoms with E-state index in [9.17, 15) is 14.4 Å². The van der Waals surface area contributed by atoms with Gasteiger partial charge in [0.15, 0.2) is 0 Å². The fraction of sp³-hybridized carbons (Fsp3) is 0.750. The number of Topliss-reactive ketones (excluding diaryl/α,β-unsaturated/α-hetero) is 3. The third-order valence-electron chi connectivity index (χ3n) is 1.83. The zero-order valence-electron chi connectivity index (χ0n) is 11.6. The normalized spacial score (nSPS) is 11.1. The molecule has 94 valence electrons. The van der Waals surface area contributed by atoms with Crippen LogP contribution in [0.1, 0.15) is 54.8 Å². The van der Waals surface area contributed by atoms with Crippen LogP contribution in [0.25, 0.3) is 0 Å². The Morgan fingerprint density at radius 3 is 1.75 bits per heavy atom. The van der Waals surface area contributed by atoms with E-state index in [-0.39, 0.29) is 25.2 Å². The van der Waals surface area contributed by atoms with Crippen molar-refractivity contribution in [3.05, 3.63) is 0 Å². The molecule has 0 aliphatic heterocycles. The van der Waals surface area contributed by atoms with Gasteiger partial charge in [-0.05, 0) is 20.3 Å². The van der Waals surface area contributed by atoms with Gasteiger partial charge in [-0.25, -0.2) is 0 Å². The van der Waals surface area contributed by atoms with Crippen molar-refractivity contribution in [1.29, 1.82) is 0 Å². The number of rotatable bonds is 6. The molecule has 0 fully saturated rings. The predicted molar refractivity (Wildman–Crippen MR) is 63.3 cm³/mol. The van der Waals surface area contributed by atoms with Crippen molar-refractivity contribution >= 4 is 17.3 Å². The number of carbonyl (C=O) groups is 3. The highest BCUT2D eigenvalue weighted by Gasteiger charge is 2.02. The summed E-state index contributed by atoms with van der Waals surface area (Å²) >= 11 is 0. The second-order valence-electron chi connectivity index (χ2n) is 3.74. The van der Waals surface area contributed by atoms with Crippen molar-refractivity contribution in [2.75, 3.05) is 0 Å². The number of aliphatic hydroxyl groups excluding tert-OH is 1. The van der Waals surface area contributed by atoms with Crippen LogP contribution in [0.2, 0.25) is 0 Å². The molecule has 4 heteroatoms. The van der Waals surface area contributed by atoms with Gasteiger partial charge in [0.2, 0.25) is 0 Å². The maximum absolute atomic E-state index is 10.4. The first kappa shape index (κ1) is 17.4. The van der Waals surface area contributed by atoms with Crippen molar-refractivity contribution in [3.63, 3.8) is 0 Å². The number of carbonyl (C=O) groups excluding carboxylic acids is 3. The van der Waals surface area contributed by atoms with E-state index < -0.39 is 6.10 Å². The van der Waals surface area contributed by atoms with E-state index in [4.69, 9.17) is 5.11 Å². The maximum atomic E-state index is 10.4. The van der Waals surface area contributed by atoms with Gasteiger partial charge in [-0.15, -0.1) is 0 Å². The molecule has 0 spiro atoms. The first-order valence-electron chi connectivity index (χ1n) is 5.52. The number of aliphatic hydroxyl groups is 1. The quantitative estimate of drug-likeness (QED) is 0.707. The minimum atomic E-state index is -0.424. The summed E-state index contributed by atoms with van der Waals surface area (Å²) in [6.45, 7) is 6.52. The summed E-state index contributed by atoms with van der Waals surface area (Å²) in [4.78, 5) is 30.8. The Hall–Kier alpha value is -1.03. The van der Waals surface area contributed by atoms with E-state index in [1.807, 2.05) is 6.92 Å². The van der Waals surface area contributed by atoms with E-state index >= 15 is 0 Å². The van der Waals surface area contributed by atoms with Gasteiger partial charge >= 0.3 is 1.43 Å². The van der Waals surface area contributed by atoms with Crippen LogP contribution in [-0.4, -0.2) is 28.6 Å². The maximum Gasteiger partial charge on any atom is 1.00 e. The molecule has 0 saturated heterocycles. The summed E-state index contributed by atoms with van der Waals surface area (Å²) in [5, 5.41) is 8.81. The number of ketones is 3. The Morgan fingerprint density at radius 1 is 1.12 bits per heavy atom. The number of hydrogen-bond donors (Lipinski definition) is 1. The molecule has 0 amide bonds. The van der Waals surface area contributed by atoms with Crippen LogP contribution in [0.15, 0.2) is 0 Å². The molecule has 0 bridgehead atoms. The highest BCUT2D eigenvalue weighted by Crippen LogP contribution is 1.95. The molecule has 0 aliphatic rings. The van der Waals surface area contributed by atoms with Crippen LogP contribution >= 0.6 is 0 Å². The van der Waals surface area contributed by atoms with Crippen LogP contribution < -0.4 is 0 Å². The molecule has 0 aliphatic carbocycles. The Morgan fingerprint density at radius 2 is 1.62 bits per heavy atom. The van der Waals surface area contributed by atoms with Gasteiger partial charge in [-0.3, -0.25) is 14.4 Å². The summed E-state index contributed by atoms with van der Waals surface area (Å²) in [5.74, 6) is 0.0358. The highest BCUT2D eigenvalue weighted by molar-refractivity contribution is 5.97. The molecular formula is C12H23O4+. The van der Waals surface area contributed by atoms with Gasteiger partial charge in [0.1, 0.15) is 17.3 Å². The smallest absolute Gasteiger partial charge is 0.393 e. The molecule has 0 radical (unpaired) electrons. The second-order valence-corrected chi connectivity index (χ2v) is 3.74. The number of hydrogen-bond acceptors (Lipinski definition) is 4. The average molecular weight is 231 g/mol. The van der Waals surface area contributed by atoms with Crippen molar-refractivity contribution in [2.24, 2.45) is 0 Å². The Balaban J connectivity index is -0.000000218. The van der Waals surface area contributed by atoms with Gasteiger partial charge in [-0.1, -0.05) is 13.8 Å². The molecule has 1 N–H and O–H groups in total. The van der Waals surface area contributed by atoms with Crippen molar-refractivity contribution in [3.8, 4) is 0 Å². The minimum Gasteiger partial charge on any atom is -0.393 e. The van der Waals surface area contributed by atoms with Crippen LogP contribution in [-0.2, 0) is 14.4 Å². The van der Waals surface area contributed by atoms with Gasteiger partial charge < -0.3 is 5.11 Å². The lowest BCUT2D eigenvalue weighted by Gasteiger charge is -2.01. The van der Waals surface area contributed by atoms with E-state index in [1.54, 1.807) is 6.92 Å². The lowest BCUT2D eigenvalue weighted by atomic mass is 10.1. The summed E-state index contributed by atoms with van der Waals surface area (Å²) in [6, 6.07) is 0. The molecule has 0 rings (SSSR count). The molecule has 0 heterocycles. The average Bonchev–Trinajstić information content (AvgIpc) is 2.16. The van der Waals surface area contributed by atoms with Crippen LogP contribution in [0.4, 0.5) is 0 Å². The first-order valence-corrected chi connectivity index (χ1v) is 5.52. The zero-order valence-corrected chi connectivity index (χ0v) is 10.6. The highest BCUT2D eigenvalue weighted by atomic mass is 16.3. The largest absolute Gasteiger partial charge is 1.00 e. The van der Waals surface area contributed by atoms with Crippen LogP contribution in [0.3, 0.4) is 0 Å². The Kier molecular flexibility index (Phi) is 11.4. The Bertz CT molecular complexity index is 239. The van der Waals surface area contributed by atoms with Crippen LogP contribution in [0.5, 0.6) is 0 Å². The SMILES string of the molecule is CCC(=O)CC(C)=O.CCC(O)CC(C)=O.[H+]. The van der Waals surface area contributed by atoms with Crippen LogP contribution in [0, 0.1) is 0 Å². The molecule has 1 unspecified atom stereocenters. The van der Waals surface area contributed by atoms with E-state index in [1.165, 1.54) is 13.8 Å². The third kappa shape index (κ3) is 15.4. The first-order chi connectivity index (χ1) is 7.33. The Labute approximate surface area is 98.5 Å². The zero-order chi connectivity index (χ0) is 13.1. The van der Waals surface area contributed by atoms with Gasteiger partial charge in [0.25, 0.3) is 0 Å². The molecule has 0 saturated carbocycles. The van der Waals surface area contributed by atoms with Crippen molar-refractivity contribution < 1.29 is 20.9 Å². The lowest BCUT2D eigenvalue weighted by molar-refractivity contribution is -0.125. The fourth-order valence-corrected chi connectivity index (χ4v) is 0.879. The van der Waals surface area contributed by atoms with E-state index in [0.29, 0.717) is 19.3 Å². The summed E-state index contributed by atoms with van der Waals surface area (Å²) in [7, 11) is 0. The molecule has 1 atom stereocenters. The third-order valence-corrected chi connectivity index (χ3v) is 1.83. The van der Waals surface area contributed by atoms with Crippen molar-refractivity contribution in [2.45, 2.75) is 59.5 Å². The van der Waals surface area contributed by atoms with Crippen molar-refractivity contribution in [1.82, 2.24) is 0 Å². The lowest BCUT2D eigenvalue weighted by Crippen LogP contribution is -2.08.